The molecule has 0 bridgehead atoms. The molecule has 0 aliphatic carbocycles. The van der Waals surface area contributed by atoms with Crippen molar-refractivity contribution in [1.29, 1.82) is 0 Å². The van der Waals surface area contributed by atoms with E-state index in [-0.39, 0.29) is 0 Å². The van der Waals surface area contributed by atoms with Crippen LogP contribution in [0.3, 0.4) is 0 Å². The van der Waals surface area contributed by atoms with Crippen LogP contribution >= 0.6 is 0 Å². The SMILES string of the molecule is C=C/C(C(=C)/C=C\C)=C(\C)c1nc2ccccc2n1CC. The van der Waals surface area contributed by atoms with Gasteiger partial charge in [0.05, 0.1) is 11.0 Å². The van der Waals surface area contributed by atoms with Crippen molar-refractivity contribution in [2.24, 2.45) is 0 Å². The van der Waals surface area contributed by atoms with Crippen molar-refractivity contribution >= 4 is 16.6 Å². The Hall–Kier alpha value is -2.35. The minimum atomic E-state index is 0.883. The lowest BCUT2D eigenvalue weighted by Gasteiger charge is -2.11. The monoisotopic (exact) mass is 278 g/mol. The first-order valence-corrected chi connectivity index (χ1v) is 7.24. The number of benzene rings is 1. The van der Waals surface area contributed by atoms with Gasteiger partial charge in [-0.25, -0.2) is 4.98 Å². The topological polar surface area (TPSA) is 17.8 Å². The Balaban J connectivity index is 2.69. The molecule has 0 radical (unpaired) electrons. The second-order valence-corrected chi connectivity index (χ2v) is 4.94. The van der Waals surface area contributed by atoms with Gasteiger partial charge in [0.25, 0.3) is 0 Å². The number of fused-ring (bicyclic) bond motifs is 1. The number of para-hydroxylation sites is 2. The molecule has 2 nitrogen and oxygen atoms in total. The van der Waals surface area contributed by atoms with Crippen LogP contribution in [0.25, 0.3) is 16.6 Å². The molecular weight excluding hydrogens is 256 g/mol. The predicted molar refractivity (Wildman–Crippen MR) is 92.2 cm³/mol. The van der Waals surface area contributed by atoms with Gasteiger partial charge in [-0.15, -0.1) is 0 Å². The van der Waals surface area contributed by atoms with Gasteiger partial charge in [0.2, 0.25) is 0 Å². The Morgan fingerprint density at radius 3 is 2.67 bits per heavy atom. The zero-order valence-electron chi connectivity index (χ0n) is 13.1. The van der Waals surface area contributed by atoms with Crippen LogP contribution in [0.4, 0.5) is 0 Å². The first-order valence-electron chi connectivity index (χ1n) is 7.24. The zero-order valence-corrected chi connectivity index (χ0v) is 13.1. The number of aromatic nitrogens is 2. The van der Waals surface area contributed by atoms with E-state index in [1.807, 2.05) is 43.4 Å². The number of imidazole rings is 1. The summed E-state index contributed by atoms with van der Waals surface area (Å²) >= 11 is 0. The molecular formula is C19H22N2. The number of hydrogen-bond donors (Lipinski definition) is 0. The number of hydrogen-bond acceptors (Lipinski definition) is 1. The Bertz CT molecular complexity index is 742. The Kier molecular flexibility index (Phi) is 4.59. The van der Waals surface area contributed by atoms with E-state index in [4.69, 9.17) is 4.98 Å². The maximum absolute atomic E-state index is 4.79. The predicted octanol–water partition coefficient (Wildman–Crippen LogP) is 5.15. The van der Waals surface area contributed by atoms with Gasteiger partial charge in [-0.1, -0.05) is 43.5 Å². The highest BCUT2D eigenvalue weighted by molar-refractivity contribution is 5.81. The highest BCUT2D eigenvalue weighted by atomic mass is 15.1. The molecule has 2 rings (SSSR count). The lowest BCUT2D eigenvalue weighted by atomic mass is 10.0. The van der Waals surface area contributed by atoms with E-state index in [9.17, 15) is 0 Å². The van der Waals surface area contributed by atoms with Crippen molar-refractivity contribution in [3.05, 3.63) is 72.6 Å². The van der Waals surface area contributed by atoms with E-state index in [1.54, 1.807) is 0 Å². The van der Waals surface area contributed by atoms with Crippen LogP contribution in [0.1, 0.15) is 26.6 Å². The molecule has 21 heavy (non-hydrogen) atoms. The second-order valence-electron chi connectivity index (χ2n) is 4.94. The van der Waals surface area contributed by atoms with E-state index in [2.05, 4.69) is 37.6 Å². The van der Waals surface area contributed by atoms with Crippen molar-refractivity contribution in [1.82, 2.24) is 9.55 Å². The van der Waals surface area contributed by atoms with Crippen LogP contribution in [-0.4, -0.2) is 9.55 Å². The van der Waals surface area contributed by atoms with Crippen LogP contribution < -0.4 is 0 Å². The fourth-order valence-corrected chi connectivity index (χ4v) is 2.62. The van der Waals surface area contributed by atoms with E-state index in [1.165, 1.54) is 0 Å². The molecule has 0 aliphatic heterocycles. The Labute approximate surface area is 126 Å². The van der Waals surface area contributed by atoms with E-state index < -0.39 is 0 Å². The Morgan fingerprint density at radius 1 is 1.33 bits per heavy atom. The summed E-state index contributed by atoms with van der Waals surface area (Å²) in [6.45, 7) is 15.1. The largest absolute Gasteiger partial charge is 0.325 e. The summed E-state index contributed by atoms with van der Waals surface area (Å²) in [5.41, 5.74) is 5.28. The summed E-state index contributed by atoms with van der Waals surface area (Å²) in [5, 5.41) is 0. The van der Waals surface area contributed by atoms with Crippen molar-refractivity contribution in [2.45, 2.75) is 27.3 Å². The standard InChI is InChI=1S/C19H22N2/c1-6-11-14(4)16(7-2)15(5)19-20-17-12-9-10-13-18(17)21(19)8-3/h6-7,9-13H,2,4,8H2,1,3,5H3/b11-6-,16-15-. The third-order valence-corrected chi connectivity index (χ3v) is 3.63. The summed E-state index contributed by atoms with van der Waals surface area (Å²) in [5.74, 6) is 0.985. The molecule has 2 heteroatoms. The van der Waals surface area contributed by atoms with E-state index in [0.717, 1.165) is 40.1 Å². The molecule has 1 heterocycles. The van der Waals surface area contributed by atoms with Gasteiger partial charge in [-0.05, 0) is 49.6 Å². The van der Waals surface area contributed by atoms with Gasteiger partial charge in [-0.3, -0.25) is 0 Å². The quantitative estimate of drug-likeness (QED) is 0.692. The molecule has 2 aromatic rings. The maximum atomic E-state index is 4.79. The van der Waals surface area contributed by atoms with Gasteiger partial charge < -0.3 is 4.57 Å². The molecule has 0 saturated heterocycles. The summed E-state index contributed by atoms with van der Waals surface area (Å²) in [6.07, 6.45) is 5.85. The molecule has 0 atom stereocenters. The maximum Gasteiger partial charge on any atom is 0.137 e. The van der Waals surface area contributed by atoms with Gasteiger partial charge in [-0.2, -0.15) is 0 Å². The van der Waals surface area contributed by atoms with Gasteiger partial charge in [0.1, 0.15) is 5.82 Å². The third-order valence-electron chi connectivity index (χ3n) is 3.63. The van der Waals surface area contributed by atoms with Crippen molar-refractivity contribution in [3.8, 4) is 0 Å². The highest BCUT2D eigenvalue weighted by Gasteiger charge is 2.13. The van der Waals surface area contributed by atoms with Crippen LogP contribution in [0.5, 0.6) is 0 Å². The van der Waals surface area contributed by atoms with Gasteiger partial charge >= 0.3 is 0 Å². The lowest BCUT2D eigenvalue weighted by Crippen LogP contribution is -2.01. The van der Waals surface area contributed by atoms with Crippen LogP contribution in [0, 0.1) is 0 Å². The summed E-state index contributed by atoms with van der Waals surface area (Å²) in [6, 6.07) is 8.22. The number of allylic oxidation sites excluding steroid dienone is 6. The van der Waals surface area contributed by atoms with E-state index in [0.29, 0.717) is 0 Å². The van der Waals surface area contributed by atoms with Crippen LogP contribution in [0.2, 0.25) is 0 Å². The van der Waals surface area contributed by atoms with Gasteiger partial charge in [0.15, 0.2) is 0 Å². The van der Waals surface area contributed by atoms with Crippen molar-refractivity contribution in [2.75, 3.05) is 0 Å². The van der Waals surface area contributed by atoms with Crippen LogP contribution in [0.15, 0.2) is 66.8 Å². The van der Waals surface area contributed by atoms with Crippen molar-refractivity contribution in [3.63, 3.8) is 0 Å². The molecule has 0 amide bonds. The van der Waals surface area contributed by atoms with Gasteiger partial charge in [0, 0.05) is 6.54 Å². The molecule has 0 aliphatic rings. The number of nitrogens with zero attached hydrogens (tertiary/aromatic N) is 2. The smallest absolute Gasteiger partial charge is 0.137 e. The first-order chi connectivity index (χ1) is 10.1. The molecule has 108 valence electrons. The van der Waals surface area contributed by atoms with Crippen molar-refractivity contribution < 1.29 is 0 Å². The first kappa shape index (κ1) is 15.0. The lowest BCUT2D eigenvalue weighted by molar-refractivity contribution is 0.772. The minimum Gasteiger partial charge on any atom is -0.325 e. The fraction of sp³-hybridized carbons (Fsp3) is 0.211. The normalized spacial score (nSPS) is 12.7. The molecule has 0 unspecified atom stereocenters. The van der Waals surface area contributed by atoms with Crippen LogP contribution in [-0.2, 0) is 6.54 Å². The molecule has 0 spiro atoms. The minimum absolute atomic E-state index is 0.883. The van der Waals surface area contributed by atoms with E-state index >= 15 is 0 Å². The molecule has 0 N–H and O–H groups in total. The fourth-order valence-electron chi connectivity index (χ4n) is 2.62. The number of rotatable bonds is 5. The average molecular weight is 278 g/mol. The molecule has 1 aromatic carbocycles. The zero-order chi connectivity index (χ0) is 15.4. The third kappa shape index (κ3) is 2.75. The second kappa shape index (κ2) is 6.40. The highest BCUT2D eigenvalue weighted by Crippen LogP contribution is 2.27. The Morgan fingerprint density at radius 2 is 2.05 bits per heavy atom. The molecule has 0 fully saturated rings. The summed E-state index contributed by atoms with van der Waals surface area (Å²) < 4.78 is 2.23. The molecule has 0 saturated carbocycles. The molecule has 1 aromatic heterocycles. The number of aryl methyl sites for hydroxylation is 1. The summed E-state index contributed by atoms with van der Waals surface area (Å²) in [7, 11) is 0. The summed E-state index contributed by atoms with van der Waals surface area (Å²) in [4.78, 5) is 4.79. The average Bonchev–Trinajstić information content (AvgIpc) is 2.86.